The summed E-state index contributed by atoms with van der Waals surface area (Å²) in [5.74, 6) is 2.46. The third-order valence-electron chi connectivity index (χ3n) is 4.66. The molecular weight excluding hydrogens is 352 g/mol. The average molecular weight is 387 g/mol. The topological polar surface area (TPSA) is 87.4 Å². The smallest absolute Gasteiger partial charge is 0.191 e. The number of aliphatic imine (C=N–C) groups is 1. The first-order valence-corrected chi connectivity index (χ1v) is 10.2. The number of rotatable bonds is 10. The molecule has 0 atom stereocenters. The summed E-state index contributed by atoms with van der Waals surface area (Å²) < 4.78 is 1.95. The van der Waals surface area contributed by atoms with Crippen LogP contribution in [0.4, 0.5) is 0 Å². The van der Waals surface area contributed by atoms with Crippen molar-refractivity contribution in [2.75, 3.05) is 13.1 Å². The van der Waals surface area contributed by atoms with Crippen LogP contribution in [0.3, 0.4) is 0 Å². The minimum absolute atomic E-state index is 0.498. The third kappa shape index (κ3) is 6.34. The summed E-state index contributed by atoms with van der Waals surface area (Å²) in [5.41, 5.74) is 0.335. The van der Waals surface area contributed by atoms with E-state index in [1.54, 1.807) is 6.20 Å². The molecule has 2 heterocycles. The highest BCUT2D eigenvalue weighted by Gasteiger charge is 2.24. The number of aromatic nitrogens is 3. The first-order valence-electron chi connectivity index (χ1n) is 10.2. The number of guanidine groups is 1. The Morgan fingerprint density at radius 1 is 1.14 bits per heavy atom. The summed E-state index contributed by atoms with van der Waals surface area (Å²) in [6.07, 6.45) is 8.99. The van der Waals surface area contributed by atoms with E-state index in [4.69, 9.17) is 0 Å². The van der Waals surface area contributed by atoms with Gasteiger partial charge >= 0.3 is 0 Å². The Bertz CT molecular complexity index is 732. The maximum absolute atomic E-state index is 10.8. The zero-order valence-electron chi connectivity index (χ0n) is 17.6. The minimum atomic E-state index is -0.689. The number of aryl methyl sites for hydroxylation is 1. The van der Waals surface area contributed by atoms with E-state index in [0.717, 1.165) is 49.4 Å². The zero-order chi connectivity index (χ0) is 20.4. The van der Waals surface area contributed by atoms with Crippen LogP contribution in [0.2, 0.25) is 0 Å². The van der Waals surface area contributed by atoms with E-state index in [-0.39, 0.29) is 0 Å². The lowest BCUT2D eigenvalue weighted by Gasteiger charge is -2.28. The fourth-order valence-electron chi connectivity index (χ4n) is 3.27. The molecule has 154 valence electrons. The van der Waals surface area contributed by atoms with Crippen molar-refractivity contribution in [1.29, 1.82) is 0 Å². The predicted molar refractivity (Wildman–Crippen MR) is 114 cm³/mol. The van der Waals surface area contributed by atoms with Crippen molar-refractivity contribution >= 4 is 5.96 Å². The van der Waals surface area contributed by atoms with Gasteiger partial charge in [0, 0.05) is 31.7 Å². The van der Waals surface area contributed by atoms with Crippen LogP contribution < -0.4 is 10.6 Å². The van der Waals surface area contributed by atoms with Crippen molar-refractivity contribution in [2.45, 2.75) is 65.5 Å². The fraction of sp³-hybridized carbons (Fsp3) is 0.571. The molecule has 0 radical (unpaired) electrons. The third-order valence-corrected chi connectivity index (χ3v) is 4.66. The van der Waals surface area contributed by atoms with Crippen LogP contribution in [-0.4, -0.2) is 44.3 Å². The number of hydrogen-bond acceptors (Lipinski definition) is 4. The van der Waals surface area contributed by atoms with Crippen LogP contribution in [0, 0.1) is 6.92 Å². The number of aliphatic hydroxyl groups is 1. The van der Waals surface area contributed by atoms with Crippen LogP contribution in [0.25, 0.3) is 5.82 Å². The van der Waals surface area contributed by atoms with Gasteiger partial charge in [0.2, 0.25) is 0 Å². The number of nitrogens with one attached hydrogen (secondary N) is 2. The van der Waals surface area contributed by atoms with E-state index < -0.39 is 5.60 Å². The van der Waals surface area contributed by atoms with Gasteiger partial charge in [0.1, 0.15) is 11.6 Å². The molecule has 2 rings (SSSR count). The largest absolute Gasteiger partial charge is 0.388 e. The molecule has 0 aliphatic heterocycles. The first kappa shape index (κ1) is 21.9. The molecule has 2 aromatic rings. The van der Waals surface area contributed by atoms with Crippen LogP contribution in [-0.2, 0) is 6.54 Å². The van der Waals surface area contributed by atoms with E-state index in [0.29, 0.717) is 19.0 Å². The number of imidazole rings is 1. The van der Waals surface area contributed by atoms with Gasteiger partial charge < -0.3 is 15.7 Å². The molecule has 0 amide bonds. The minimum Gasteiger partial charge on any atom is -0.388 e. The highest BCUT2D eigenvalue weighted by atomic mass is 16.3. The van der Waals surface area contributed by atoms with Gasteiger partial charge in [-0.2, -0.15) is 0 Å². The quantitative estimate of drug-likeness (QED) is 0.432. The molecule has 0 aliphatic carbocycles. The number of hydrogen-bond donors (Lipinski definition) is 3. The van der Waals surface area contributed by atoms with E-state index in [1.165, 1.54) is 0 Å². The van der Waals surface area contributed by atoms with Gasteiger partial charge in [-0.3, -0.25) is 4.57 Å². The number of pyridine rings is 1. The Balaban J connectivity index is 2.00. The van der Waals surface area contributed by atoms with Crippen LogP contribution in [0.5, 0.6) is 0 Å². The lowest BCUT2D eigenvalue weighted by molar-refractivity contribution is 0.0257. The fourth-order valence-corrected chi connectivity index (χ4v) is 3.27. The van der Waals surface area contributed by atoms with Crippen LogP contribution in [0.1, 0.15) is 57.8 Å². The van der Waals surface area contributed by atoms with E-state index in [1.807, 2.05) is 42.9 Å². The number of nitrogens with zero attached hydrogens (tertiary/aromatic N) is 4. The highest BCUT2D eigenvalue weighted by molar-refractivity contribution is 5.79. The summed E-state index contributed by atoms with van der Waals surface area (Å²) in [5, 5.41) is 17.3. The van der Waals surface area contributed by atoms with Gasteiger partial charge in [-0.1, -0.05) is 32.8 Å². The molecule has 0 saturated carbocycles. The second kappa shape index (κ2) is 10.8. The summed E-state index contributed by atoms with van der Waals surface area (Å²) in [6.45, 7) is 9.97. The van der Waals surface area contributed by atoms with Crippen LogP contribution >= 0.6 is 0 Å². The molecule has 7 heteroatoms. The molecule has 28 heavy (non-hydrogen) atoms. The summed E-state index contributed by atoms with van der Waals surface area (Å²) in [4.78, 5) is 13.4. The first-order chi connectivity index (χ1) is 13.5. The van der Waals surface area contributed by atoms with Gasteiger partial charge in [-0.15, -0.1) is 0 Å². The zero-order valence-corrected chi connectivity index (χ0v) is 17.6. The Morgan fingerprint density at radius 2 is 1.89 bits per heavy atom. The normalized spacial score (nSPS) is 12.2. The van der Waals surface area contributed by atoms with Crippen LogP contribution in [0.15, 0.2) is 35.7 Å². The lowest BCUT2D eigenvalue weighted by Crippen LogP contribution is -2.47. The van der Waals surface area contributed by atoms with E-state index in [9.17, 15) is 5.11 Å². The summed E-state index contributed by atoms with van der Waals surface area (Å²) in [7, 11) is 0. The summed E-state index contributed by atoms with van der Waals surface area (Å²) in [6, 6.07) is 4.00. The molecule has 0 unspecified atom stereocenters. The molecule has 0 saturated heterocycles. The monoisotopic (exact) mass is 386 g/mol. The lowest BCUT2D eigenvalue weighted by atomic mass is 9.93. The van der Waals surface area contributed by atoms with Gasteiger partial charge in [-0.25, -0.2) is 15.0 Å². The molecule has 2 aromatic heterocycles. The molecule has 0 spiro atoms. The molecule has 0 aromatic carbocycles. The molecule has 0 aliphatic rings. The predicted octanol–water partition coefficient (Wildman–Crippen LogP) is 2.96. The Morgan fingerprint density at radius 3 is 2.43 bits per heavy atom. The maximum Gasteiger partial charge on any atom is 0.191 e. The molecule has 7 nitrogen and oxygen atoms in total. The standard InChI is InChI=1S/C21H34N6O/c1-5-10-21(28,11-6-2)16-26-20(22-7-3)25-15-18-8-9-19(24-14-18)27-13-12-23-17(27)4/h8-9,12-14,28H,5-7,10-11,15-16H2,1-4H3,(H2,22,25,26). The van der Waals surface area contributed by atoms with Crippen molar-refractivity contribution in [1.82, 2.24) is 25.2 Å². The highest BCUT2D eigenvalue weighted by Crippen LogP contribution is 2.18. The Kier molecular flexibility index (Phi) is 8.44. The van der Waals surface area contributed by atoms with E-state index >= 15 is 0 Å². The van der Waals surface area contributed by atoms with Gasteiger partial charge in [0.15, 0.2) is 5.96 Å². The van der Waals surface area contributed by atoms with Crippen molar-refractivity contribution in [3.63, 3.8) is 0 Å². The van der Waals surface area contributed by atoms with Gasteiger partial charge in [-0.05, 0) is 38.3 Å². The average Bonchev–Trinajstić information content (AvgIpc) is 3.11. The molecule has 0 bridgehead atoms. The second-order valence-electron chi connectivity index (χ2n) is 7.14. The van der Waals surface area contributed by atoms with Crippen molar-refractivity contribution in [2.24, 2.45) is 4.99 Å². The van der Waals surface area contributed by atoms with Gasteiger partial charge in [0.25, 0.3) is 0 Å². The van der Waals surface area contributed by atoms with Crippen molar-refractivity contribution in [3.05, 3.63) is 42.1 Å². The maximum atomic E-state index is 10.8. The summed E-state index contributed by atoms with van der Waals surface area (Å²) >= 11 is 0. The molecular formula is C21H34N6O. The Hall–Kier alpha value is -2.41. The molecule has 3 N–H and O–H groups in total. The van der Waals surface area contributed by atoms with Gasteiger partial charge in [0.05, 0.1) is 12.1 Å². The second-order valence-corrected chi connectivity index (χ2v) is 7.14. The van der Waals surface area contributed by atoms with E-state index in [2.05, 4.69) is 39.4 Å². The molecule has 0 fully saturated rings. The SMILES string of the molecule is CCCC(O)(CCC)CNC(=NCc1ccc(-n2ccnc2C)nc1)NCC. The van der Waals surface area contributed by atoms with Crippen molar-refractivity contribution < 1.29 is 5.11 Å². The van der Waals surface area contributed by atoms with Crippen molar-refractivity contribution in [3.8, 4) is 5.82 Å². The Labute approximate surface area is 168 Å².